The van der Waals surface area contributed by atoms with E-state index in [0.29, 0.717) is 0 Å². The molecule has 0 saturated heterocycles. The molecule has 8 rings (SSSR count). The van der Waals surface area contributed by atoms with Crippen molar-refractivity contribution in [3.63, 3.8) is 0 Å². The molecule has 0 amide bonds. The molecular weight excluding hydrogens is 561 g/mol. The molecule has 0 bridgehead atoms. The van der Waals surface area contributed by atoms with E-state index in [-0.39, 0.29) is 11.3 Å². The average Bonchev–Trinajstić information content (AvgIpc) is 3.41. The lowest BCUT2D eigenvalue weighted by Crippen LogP contribution is -2.49. The van der Waals surface area contributed by atoms with Gasteiger partial charge in [0.25, 0.3) is 0 Å². The second-order valence-corrected chi connectivity index (χ2v) is 18.5. The van der Waals surface area contributed by atoms with E-state index in [4.69, 9.17) is 0 Å². The molecule has 0 saturated carbocycles. The fourth-order valence-corrected chi connectivity index (χ4v) is 11.4. The highest BCUT2D eigenvalue weighted by molar-refractivity contribution is 7.03. The quantitative estimate of drug-likeness (QED) is 0.187. The molecule has 6 aromatic rings. The second kappa shape index (κ2) is 9.27. The molecule has 1 aliphatic carbocycles. The first-order valence-electron chi connectivity index (χ1n) is 15.8. The molecule has 0 unspecified atom stereocenters. The van der Waals surface area contributed by atoms with Crippen molar-refractivity contribution in [3.8, 4) is 45.5 Å². The summed E-state index contributed by atoms with van der Waals surface area (Å²) in [4.78, 5) is 0. The van der Waals surface area contributed by atoms with Crippen LogP contribution in [0.15, 0.2) is 91.0 Å². The van der Waals surface area contributed by atoms with Gasteiger partial charge in [0.15, 0.2) is 0 Å². The second-order valence-electron chi connectivity index (χ2n) is 14.2. The molecule has 2 aliphatic rings. The Morgan fingerprint density at radius 1 is 0.600 bits per heavy atom. The van der Waals surface area contributed by atoms with Gasteiger partial charge in [0.2, 0.25) is 0 Å². The Bertz CT molecular complexity index is 2380. The first kappa shape index (κ1) is 27.6. The third-order valence-corrected chi connectivity index (χ3v) is 14.2. The Morgan fingerprint density at radius 2 is 1.18 bits per heavy atom. The van der Waals surface area contributed by atoms with Gasteiger partial charge < -0.3 is 0 Å². The highest BCUT2D eigenvalue weighted by Crippen LogP contribution is 2.53. The molecule has 3 heteroatoms. The lowest BCUT2D eigenvalue weighted by atomic mass is 9.81. The predicted molar refractivity (Wildman–Crippen MR) is 190 cm³/mol. The van der Waals surface area contributed by atoms with Crippen LogP contribution in [0, 0.1) is 22.7 Å². The summed E-state index contributed by atoms with van der Waals surface area (Å²) in [5, 5.41) is 27.4. The summed E-state index contributed by atoms with van der Waals surface area (Å²) in [6.45, 7) is 14.0. The van der Waals surface area contributed by atoms with E-state index in [1.54, 1.807) is 0 Å². The number of hydrogen-bond donors (Lipinski definition) is 0. The van der Waals surface area contributed by atoms with Gasteiger partial charge in [0, 0.05) is 16.2 Å². The number of hydrogen-bond acceptors (Lipinski definition) is 2. The summed E-state index contributed by atoms with van der Waals surface area (Å²) in [5.41, 5.74) is 12.8. The summed E-state index contributed by atoms with van der Waals surface area (Å²) in [7, 11) is -1.98. The fourth-order valence-electron chi connectivity index (χ4n) is 8.34. The Balaban J connectivity index is 1.42. The number of benzene rings is 6. The maximum atomic E-state index is 10.1. The van der Waals surface area contributed by atoms with Gasteiger partial charge in [-0.25, -0.2) is 0 Å². The van der Waals surface area contributed by atoms with E-state index in [1.165, 1.54) is 60.4 Å². The average molecular weight is 595 g/mol. The van der Waals surface area contributed by atoms with Crippen LogP contribution in [0.5, 0.6) is 0 Å². The van der Waals surface area contributed by atoms with Crippen LogP contribution in [0.25, 0.3) is 54.9 Å². The first-order valence-corrected chi connectivity index (χ1v) is 18.8. The van der Waals surface area contributed by atoms with Gasteiger partial charge >= 0.3 is 0 Å². The summed E-state index contributed by atoms with van der Waals surface area (Å²) >= 11 is 0. The van der Waals surface area contributed by atoms with Gasteiger partial charge in [-0.1, -0.05) is 108 Å². The molecule has 0 N–H and O–H groups in total. The first-order chi connectivity index (χ1) is 21.6. The van der Waals surface area contributed by atoms with Gasteiger partial charge in [0.1, 0.15) is 8.07 Å². The highest BCUT2D eigenvalue weighted by Gasteiger charge is 2.43. The smallest absolute Gasteiger partial charge is 0.113 e. The van der Waals surface area contributed by atoms with Crippen molar-refractivity contribution in [1.29, 1.82) is 10.5 Å². The zero-order valence-corrected chi connectivity index (χ0v) is 27.6. The van der Waals surface area contributed by atoms with Crippen molar-refractivity contribution >= 4 is 40.0 Å². The molecule has 2 nitrogen and oxygen atoms in total. The summed E-state index contributed by atoms with van der Waals surface area (Å²) < 4.78 is 0. The van der Waals surface area contributed by atoms with E-state index >= 15 is 0 Å². The van der Waals surface area contributed by atoms with Crippen LogP contribution < -0.4 is 10.4 Å². The van der Waals surface area contributed by atoms with Crippen LogP contribution in [0.2, 0.25) is 13.1 Å². The SMILES string of the molecule is CC(C)c1cc(C#N)c2ccccc2c1-c1ccc2c(c1)-c1cc3c(cc1[Si]2(C)C)C(C)(C)c1cc(C#N)c2ccccc2c1-3. The van der Waals surface area contributed by atoms with Crippen LogP contribution in [0.1, 0.15) is 61.4 Å². The van der Waals surface area contributed by atoms with E-state index in [0.717, 1.165) is 32.7 Å². The summed E-state index contributed by atoms with van der Waals surface area (Å²) in [6.07, 6.45) is 0. The molecule has 1 aliphatic heterocycles. The van der Waals surface area contributed by atoms with E-state index in [1.807, 2.05) is 12.1 Å². The minimum absolute atomic E-state index is 0.201. The molecule has 6 aromatic carbocycles. The topological polar surface area (TPSA) is 47.6 Å². The Kier molecular flexibility index (Phi) is 5.68. The molecule has 1 heterocycles. The van der Waals surface area contributed by atoms with Crippen molar-refractivity contribution in [2.45, 2.75) is 52.1 Å². The number of rotatable bonds is 2. The van der Waals surface area contributed by atoms with Crippen molar-refractivity contribution in [2.75, 3.05) is 0 Å². The molecular formula is C42H34N2Si. The van der Waals surface area contributed by atoms with Crippen LogP contribution >= 0.6 is 0 Å². The van der Waals surface area contributed by atoms with Gasteiger partial charge in [-0.3, -0.25) is 0 Å². The van der Waals surface area contributed by atoms with Crippen LogP contribution in [-0.4, -0.2) is 8.07 Å². The molecule has 0 radical (unpaired) electrons. The van der Waals surface area contributed by atoms with Crippen molar-refractivity contribution in [1.82, 2.24) is 0 Å². The summed E-state index contributed by atoms with van der Waals surface area (Å²) in [6, 6.07) is 38.1. The molecule has 45 heavy (non-hydrogen) atoms. The lowest BCUT2D eigenvalue weighted by molar-refractivity contribution is 0.661. The molecule has 216 valence electrons. The zero-order chi connectivity index (χ0) is 31.4. The van der Waals surface area contributed by atoms with Gasteiger partial charge in [-0.15, -0.1) is 0 Å². The molecule has 0 aromatic heterocycles. The van der Waals surface area contributed by atoms with E-state index in [2.05, 4.69) is 132 Å². The maximum absolute atomic E-state index is 10.1. The Hall–Kier alpha value is -4.96. The molecule has 0 fully saturated rings. The monoisotopic (exact) mass is 594 g/mol. The Labute approximate surface area is 266 Å². The minimum Gasteiger partial charge on any atom is -0.192 e. The summed E-state index contributed by atoms with van der Waals surface area (Å²) in [5.74, 6) is 0.275. The molecule has 0 atom stereocenters. The zero-order valence-electron chi connectivity index (χ0n) is 26.6. The fraction of sp³-hybridized carbons (Fsp3) is 0.190. The lowest BCUT2D eigenvalue weighted by Gasteiger charge is -2.25. The minimum atomic E-state index is -1.98. The maximum Gasteiger partial charge on any atom is 0.113 e. The molecule has 0 spiro atoms. The predicted octanol–water partition coefficient (Wildman–Crippen LogP) is 9.64. The van der Waals surface area contributed by atoms with Gasteiger partial charge in [0.05, 0.1) is 23.3 Å². The number of nitrogens with zero attached hydrogens (tertiary/aromatic N) is 2. The van der Waals surface area contributed by atoms with Crippen molar-refractivity contribution in [3.05, 3.63) is 119 Å². The standard InChI is InChI=1S/C42H34N2Si/c1-24(2)32-18-26(22-43)28-11-7-9-13-30(28)40(32)25-15-16-38-33(17-25)34-20-35-36(21-39(34)45(38,5)6)42(3,4)37-19-27(23-44)29-12-8-10-14-31(29)41(35)37/h7-21,24H,1-6H3. The van der Waals surface area contributed by atoms with Gasteiger partial charge in [-0.05, 0) is 101 Å². The van der Waals surface area contributed by atoms with Crippen molar-refractivity contribution < 1.29 is 0 Å². The van der Waals surface area contributed by atoms with Crippen LogP contribution in [-0.2, 0) is 5.41 Å². The largest absolute Gasteiger partial charge is 0.192 e. The van der Waals surface area contributed by atoms with Crippen molar-refractivity contribution in [2.24, 2.45) is 0 Å². The van der Waals surface area contributed by atoms with Crippen LogP contribution in [0.4, 0.5) is 0 Å². The third kappa shape index (κ3) is 3.60. The normalized spacial score (nSPS) is 15.0. The van der Waals surface area contributed by atoms with Gasteiger partial charge in [-0.2, -0.15) is 10.5 Å². The number of fused-ring (bicyclic) bond motifs is 9. The highest BCUT2D eigenvalue weighted by atomic mass is 28.3. The van der Waals surface area contributed by atoms with E-state index in [9.17, 15) is 10.5 Å². The number of nitriles is 2. The van der Waals surface area contributed by atoms with E-state index < -0.39 is 8.07 Å². The third-order valence-electron chi connectivity index (χ3n) is 10.7. The van der Waals surface area contributed by atoms with Crippen LogP contribution in [0.3, 0.4) is 0 Å². The Morgan fingerprint density at radius 3 is 1.80 bits per heavy atom.